The van der Waals surface area contributed by atoms with E-state index in [0.717, 1.165) is 17.8 Å². The van der Waals surface area contributed by atoms with Gasteiger partial charge in [-0.25, -0.2) is 18.8 Å². The first-order valence-electron chi connectivity index (χ1n) is 11.0. The standard InChI is InChI=1S/C25H23ClF4N4O3/c1-5-15-11-32-22(36-4)16(8-19(15)24(2,27)28)12-34-13-33-21(25(3,29)30)20(23(34)35)37-18-7-14(10-31)6-17(26)9-18/h6-9,13H,5,11-12H2,1-4H3. The number of nitriles is 1. The second-order valence-electron chi connectivity index (χ2n) is 8.39. The molecule has 196 valence electrons. The van der Waals surface area contributed by atoms with Crippen molar-refractivity contribution < 1.29 is 27.0 Å². The molecule has 0 amide bonds. The van der Waals surface area contributed by atoms with Gasteiger partial charge in [0.25, 0.3) is 17.4 Å². The zero-order valence-corrected chi connectivity index (χ0v) is 21.2. The molecule has 0 aliphatic carbocycles. The molecule has 0 unspecified atom stereocenters. The average Bonchev–Trinajstić information content (AvgIpc) is 2.99. The van der Waals surface area contributed by atoms with E-state index in [1.807, 2.05) is 6.07 Å². The maximum Gasteiger partial charge on any atom is 0.297 e. The lowest BCUT2D eigenvalue weighted by atomic mass is 9.99. The Balaban J connectivity index is 2.16. The molecule has 2 aromatic rings. The van der Waals surface area contributed by atoms with Crippen molar-refractivity contribution in [2.24, 2.45) is 4.99 Å². The molecular weight excluding hydrogens is 516 g/mol. The minimum Gasteiger partial charge on any atom is -0.481 e. The normalized spacial score (nSPS) is 14.5. The van der Waals surface area contributed by atoms with Crippen molar-refractivity contribution in [3.05, 3.63) is 74.0 Å². The predicted octanol–water partition coefficient (Wildman–Crippen LogP) is 6.02. The van der Waals surface area contributed by atoms with Gasteiger partial charge >= 0.3 is 0 Å². The summed E-state index contributed by atoms with van der Waals surface area (Å²) < 4.78 is 69.2. The molecule has 1 aliphatic heterocycles. The number of alkyl halides is 4. The fourth-order valence-electron chi connectivity index (χ4n) is 3.72. The lowest BCUT2D eigenvalue weighted by Gasteiger charge is -2.18. The van der Waals surface area contributed by atoms with E-state index >= 15 is 0 Å². The van der Waals surface area contributed by atoms with Crippen LogP contribution in [0.5, 0.6) is 11.5 Å². The molecular formula is C25H23ClF4N4O3. The van der Waals surface area contributed by atoms with Crippen molar-refractivity contribution in [2.45, 2.75) is 45.6 Å². The number of rotatable bonds is 7. The third-order valence-electron chi connectivity index (χ3n) is 5.45. The quantitative estimate of drug-likeness (QED) is 0.402. The highest BCUT2D eigenvalue weighted by Crippen LogP contribution is 2.35. The lowest BCUT2D eigenvalue weighted by molar-refractivity contribution is 0.0101. The molecule has 0 bridgehead atoms. The first kappa shape index (κ1) is 27.9. The second kappa shape index (κ2) is 10.8. The maximum atomic E-state index is 14.4. The van der Waals surface area contributed by atoms with E-state index in [1.165, 1.54) is 31.4 Å². The number of hydrogen-bond donors (Lipinski definition) is 0. The van der Waals surface area contributed by atoms with Gasteiger partial charge in [0.15, 0.2) is 5.69 Å². The Morgan fingerprint density at radius 2 is 1.89 bits per heavy atom. The Kier molecular flexibility index (Phi) is 8.12. The molecule has 1 aromatic carbocycles. The van der Waals surface area contributed by atoms with E-state index in [9.17, 15) is 22.4 Å². The van der Waals surface area contributed by atoms with Crippen LogP contribution in [-0.4, -0.2) is 35.0 Å². The summed E-state index contributed by atoms with van der Waals surface area (Å²) in [6, 6.07) is 5.64. The zero-order chi connectivity index (χ0) is 27.5. The van der Waals surface area contributed by atoms with Gasteiger partial charge in [-0.2, -0.15) is 14.0 Å². The van der Waals surface area contributed by atoms with E-state index in [1.54, 1.807) is 6.92 Å². The molecule has 3 rings (SSSR count). The Labute approximate surface area is 215 Å². The van der Waals surface area contributed by atoms with Gasteiger partial charge in [0, 0.05) is 30.0 Å². The van der Waals surface area contributed by atoms with E-state index in [-0.39, 0.29) is 46.5 Å². The van der Waals surface area contributed by atoms with Crippen LogP contribution in [0.15, 0.2) is 57.1 Å². The molecule has 2 heterocycles. The van der Waals surface area contributed by atoms with Crippen LogP contribution in [0.2, 0.25) is 5.02 Å². The van der Waals surface area contributed by atoms with Crippen LogP contribution in [0.3, 0.4) is 0 Å². The van der Waals surface area contributed by atoms with Gasteiger partial charge < -0.3 is 9.47 Å². The Morgan fingerprint density at radius 3 is 2.46 bits per heavy atom. The first-order valence-corrected chi connectivity index (χ1v) is 11.4. The Hall–Kier alpha value is -3.65. The van der Waals surface area contributed by atoms with Gasteiger partial charge in [0.05, 0.1) is 38.2 Å². The van der Waals surface area contributed by atoms with Crippen LogP contribution in [0, 0.1) is 11.3 Å². The van der Waals surface area contributed by atoms with Gasteiger partial charge in [-0.15, -0.1) is 0 Å². The lowest BCUT2D eigenvalue weighted by Crippen LogP contribution is -2.28. The van der Waals surface area contributed by atoms with Crippen LogP contribution in [0.1, 0.15) is 38.4 Å². The van der Waals surface area contributed by atoms with E-state index in [2.05, 4.69) is 9.98 Å². The molecule has 12 heteroatoms. The number of aliphatic imine (C=N–C) groups is 1. The summed E-state index contributed by atoms with van der Waals surface area (Å²) in [5.74, 6) is -7.70. The third kappa shape index (κ3) is 6.38. The number of methoxy groups -OCH3 is 1. The van der Waals surface area contributed by atoms with Crippen LogP contribution < -0.4 is 10.3 Å². The maximum absolute atomic E-state index is 14.4. The van der Waals surface area contributed by atoms with Crippen molar-refractivity contribution in [3.8, 4) is 17.6 Å². The average molecular weight is 539 g/mol. The van der Waals surface area contributed by atoms with Crippen LogP contribution in [0.4, 0.5) is 17.6 Å². The van der Waals surface area contributed by atoms with Crippen molar-refractivity contribution in [3.63, 3.8) is 0 Å². The fourth-order valence-corrected chi connectivity index (χ4v) is 3.94. The SMILES string of the molecule is CCC1=C(C(C)(F)F)C=C(Cn2cnc(C(C)(F)F)c(Oc3cc(Cl)cc(C#N)c3)c2=O)C(OC)=NC1. The minimum atomic E-state index is -3.57. The molecule has 0 spiro atoms. The zero-order valence-electron chi connectivity index (χ0n) is 20.4. The summed E-state index contributed by atoms with van der Waals surface area (Å²) in [6.07, 6.45) is 2.38. The number of allylic oxidation sites excluding steroid dienone is 2. The van der Waals surface area contributed by atoms with Gasteiger partial charge in [0.1, 0.15) is 5.75 Å². The van der Waals surface area contributed by atoms with Crippen LogP contribution in [-0.2, 0) is 17.2 Å². The van der Waals surface area contributed by atoms with Gasteiger partial charge in [0.2, 0.25) is 11.6 Å². The summed E-state index contributed by atoms with van der Waals surface area (Å²) in [6.45, 7) is 2.61. The number of nitrogens with zero attached hydrogens (tertiary/aromatic N) is 4. The first-order chi connectivity index (χ1) is 17.3. The molecule has 0 fully saturated rings. The largest absolute Gasteiger partial charge is 0.481 e. The highest BCUT2D eigenvalue weighted by molar-refractivity contribution is 6.30. The number of aromatic nitrogens is 2. The summed E-state index contributed by atoms with van der Waals surface area (Å²) in [7, 11) is 1.30. The molecule has 37 heavy (non-hydrogen) atoms. The predicted molar refractivity (Wildman–Crippen MR) is 130 cm³/mol. The van der Waals surface area contributed by atoms with E-state index in [4.69, 9.17) is 26.3 Å². The van der Waals surface area contributed by atoms with Crippen LogP contribution >= 0.6 is 11.6 Å². The minimum absolute atomic E-state index is 0.0120. The molecule has 0 radical (unpaired) electrons. The van der Waals surface area contributed by atoms with Crippen molar-refractivity contribution in [1.29, 1.82) is 5.26 Å². The number of ether oxygens (including phenoxy) is 2. The highest BCUT2D eigenvalue weighted by Gasteiger charge is 2.34. The highest BCUT2D eigenvalue weighted by atomic mass is 35.5. The van der Waals surface area contributed by atoms with Gasteiger partial charge in [-0.05, 0) is 36.3 Å². The molecule has 0 saturated carbocycles. The molecule has 1 aliphatic rings. The molecule has 7 nitrogen and oxygen atoms in total. The number of hydrogen-bond acceptors (Lipinski definition) is 6. The molecule has 0 saturated heterocycles. The number of benzene rings is 1. The monoisotopic (exact) mass is 538 g/mol. The Morgan fingerprint density at radius 1 is 1.19 bits per heavy atom. The fraction of sp³-hybridized carbons (Fsp3) is 0.360. The molecule has 0 N–H and O–H groups in total. The summed E-state index contributed by atoms with van der Waals surface area (Å²) in [5.41, 5.74) is -1.65. The van der Waals surface area contributed by atoms with Gasteiger partial charge in [-0.3, -0.25) is 9.36 Å². The van der Waals surface area contributed by atoms with Crippen molar-refractivity contribution >= 4 is 17.5 Å². The smallest absolute Gasteiger partial charge is 0.297 e. The van der Waals surface area contributed by atoms with Crippen LogP contribution in [0.25, 0.3) is 0 Å². The van der Waals surface area contributed by atoms with Crippen molar-refractivity contribution in [1.82, 2.24) is 9.55 Å². The number of halogens is 5. The summed E-state index contributed by atoms with van der Waals surface area (Å²) in [4.78, 5) is 21.3. The Bertz CT molecular complexity index is 1400. The summed E-state index contributed by atoms with van der Waals surface area (Å²) >= 11 is 5.97. The summed E-state index contributed by atoms with van der Waals surface area (Å²) in [5, 5.41) is 9.24. The second-order valence-corrected chi connectivity index (χ2v) is 8.82. The van der Waals surface area contributed by atoms with Gasteiger partial charge in [-0.1, -0.05) is 18.5 Å². The topological polar surface area (TPSA) is 89.5 Å². The van der Waals surface area contributed by atoms with Crippen molar-refractivity contribution in [2.75, 3.05) is 13.7 Å². The molecule has 1 aromatic heterocycles. The third-order valence-corrected chi connectivity index (χ3v) is 5.67. The molecule has 0 atom stereocenters. The van der Waals surface area contributed by atoms with E-state index < -0.39 is 28.8 Å². The van der Waals surface area contributed by atoms with E-state index in [0.29, 0.717) is 18.9 Å².